The molecule has 2 rings (SSSR count). The van der Waals surface area contributed by atoms with E-state index in [1.807, 2.05) is 19.1 Å². The van der Waals surface area contributed by atoms with Crippen LogP contribution in [0.4, 0.5) is 0 Å². The molecule has 7 nitrogen and oxygen atoms in total. The number of esters is 1. The molecule has 0 saturated carbocycles. The second kappa shape index (κ2) is 6.87. The molecule has 0 unspecified atom stereocenters. The summed E-state index contributed by atoms with van der Waals surface area (Å²) in [6, 6.07) is 7.27. The van der Waals surface area contributed by atoms with Gasteiger partial charge in [0.2, 0.25) is 5.69 Å². The number of H-pyrrole nitrogens is 1. The van der Waals surface area contributed by atoms with Crippen molar-refractivity contribution in [1.29, 1.82) is 0 Å². The molecule has 7 heteroatoms. The number of nitrogens with zero attached hydrogens (tertiary/aromatic N) is 1. The quantitative estimate of drug-likeness (QED) is 0.293. The Morgan fingerprint density at radius 2 is 1.96 bits per heavy atom. The minimum absolute atomic E-state index is 0.0205. The van der Waals surface area contributed by atoms with Crippen LogP contribution >= 0.6 is 0 Å². The van der Waals surface area contributed by atoms with E-state index in [2.05, 4.69) is 5.27 Å². The Morgan fingerprint density at radius 1 is 1.30 bits per heavy atom. The first-order chi connectivity index (χ1) is 10.9. The van der Waals surface area contributed by atoms with Crippen LogP contribution in [0.25, 0.3) is 11.8 Å². The molecule has 120 valence electrons. The highest BCUT2D eigenvalue weighted by Crippen LogP contribution is 2.07. The van der Waals surface area contributed by atoms with Gasteiger partial charge in [-0.25, -0.2) is 9.59 Å². The summed E-state index contributed by atoms with van der Waals surface area (Å²) in [6.45, 7) is 4.92. The topological polar surface area (TPSA) is 93.2 Å². The van der Waals surface area contributed by atoms with Gasteiger partial charge in [-0.3, -0.25) is 9.32 Å². The Balaban J connectivity index is 2.54. The van der Waals surface area contributed by atoms with Crippen molar-refractivity contribution in [2.75, 3.05) is 6.61 Å². The second-order valence-corrected chi connectivity index (χ2v) is 4.87. The number of hydrogen-bond acceptors (Lipinski definition) is 5. The van der Waals surface area contributed by atoms with E-state index in [0.717, 1.165) is 5.56 Å². The fourth-order valence-electron chi connectivity index (χ4n) is 1.94. The third-order valence-electron chi connectivity index (χ3n) is 3.13. The number of Topliss-reactive ketones (excluding diaryl/α,β-unsaturated/α-hetero) is 1. The molecule has 0 aliphatic heterocycles. The van der Waals surface area contributed by atoms with Gasteiger partial charge in [-0.05, 0) is 30.7 Å². The van der Waals surface area contributed by atoms with Crippen LogP contribution in [0.2, 0.25) is 0 Å². The summed E-state index contributed by atoms with van der Waals surface area (Å²) in [6.07, 6.45) is 1.17. The average molecular weight is 317 g/mol. The lowest BCUT2D eigenvalue weighted by Gasteiger charge is -2.01. The molecule has 1 aromatic heterocycles. The van der Waals surface area contributed by atoms with Crippen LogP contribution in [-0.2, 0) is 14.3 Å². The number of rotatable bonds is 5. The van der Waals surface area contributed by atoms with E-state index < -0.39 is 17.4 Å². The molecule has 1 N–H and O–H groups in total. The number of carbonyl (C=O) groups is 2. The second-order valence-electron chi connectivity index (χ2n) is 4.87. The number of aromatic nitrogens is 2. The standard InChI is InChI=1S/C16H16N2O5/c1-4-22-15(20)13(11(3)19)9-14-16(21)23-17-18(14)12-7-5-10(2)6-8-12/h5-9H,4H2,1-3H3/p+1. The molecule has 0 aliphatic carbocycles. The summed E-state index contributed by atoms with van der Waals surface area (Å²) >= 11 is 0. The van der Waals surface area contributed by atoms with E-state index in [1.54, 1.807) is 19.1 Å². The minimum Gasteiger partial charge on any atom is -0.462 e. The number of aromatic amines is 1. The van der Waals surface area contributed by atoms with Gasteiger partial charge in [0, 0.05) is 18.2 Å². The molecule has 0 saturated heterocycles. The van der Waals surface area contributed by atoms with E-state index in [-0.39, 0.29) is 17.9 Å². The molecular formula is C16H17N2O5+. The van der Waals surface area contributed by atoms with Crippen molar-refractivity contribution in [3.63, 3.8) is 0 Å². The molecule has 0 atom stereocenters. The molecule has 1 heterocycles. The highest BCUT2D eigenvalue weighted by Gasteiger charge is 2.25. The molecular weight excluding hydrogens is 300 g/mol. The maximum atomic E-state index is 11.9. The van der Waals surface area contributed by atoms with Gasteiger partial charge in [-0.1, -0.05) is 17.7 Å². The van der Waals surface area contributed by atoms with Crippen molar-refractivity contribution < 1.29 is 23.5 Å². The monoisotopic (exact) mass is 317 g/mol. The predicted octanol–water partition coefficient (Wildman–Crippen LogP) is 1.09. The van der Waals surface area contributed by atoms with Gasteiger partial charge >= 0.3 is 17.3 Å². The zero-order valence-corrected chi connectivity index (χ0v) is 13.1. The first kappa shape index (κ1) is 16.4. The fraction of sp³-hybridized carbons (Fsp3) is 0.250. The van der Waals surface area contributed by atoms with E-state index in [1.165, 1.54) is 17.7 Å². The number of ether oxygens (including phenoxy) is 1. The Kier molecular flexibility index (Phi) is 4.90. The van der Waals surface area contributed by atoms with Crippen molar-refractivity contribution in [2.24, 2.45) is 0 Å². The summed E-state index contributed by atoms with van der Waals surface area (Å²) < 4.78 is 11.0. The Morgan fingerprint density at radius 3 is 2.52 bits per heavy atom. The first-order valence-electron chi connectivity index (χ1n) is 7.04. The van der Waals surface area contributed by atoms with Crippen molar-refractivity contribution in [2.45, 2.75) is 20.8 Å². The third kappa shape index (κ3) is 3.63. The van der Waals surface area contributed by atoms with Gasteiger partial charge in [0.1, 0.15) is 5.57 Å². The lowest BCUT2D eigenvalue weighted by atomic mass is 10.1. The van der Waals surface area contributed by atoms with Gasteiger partial charge in [-0.2, -0.15) is 0 Å². The van der Waals surface area contributed by atoms with Crippen LogP contribution in [0, 0.1) is 6.92 Å². The maximum Gasteiger partial charge on any atom is 0.435 e. The molecule has 0 fully saturated rings. The predicted molar refractivity (Wildman–Crippen MR) is 80.9 cm³/mol. The molecule has 23 heavy (non-hydrogen) atoms. The number of aryl methyl sites for hydroxylation is 1. The maximum absolute atomic E-state index is 11.9. The summed E-state index contributed by atoms with van der Waals surface area (Å²) in [7, 11) is 0. The number of hydrogen-bond donors (Lipinski definition) is 1. The number of carbonyl (C=O) groups excluding carboxylic acids is 2. The molecule has 2 aromatic rings. The number of benzene rings is 1. The summed E-state index contributed by atoms with van der Waals surface area (Å²) in [4.78, 5) is 35.4. The molecule has 1 aromatic carbocycles. The number of ketones is 1. The van der Waals surface area contributed by atoms with Crippen LogP contribution in [0.3, 0.4) is 0 Å². The molecule has 0 bridgehead atoms. The highest BCUT2D eigenvalue weighted by molar-refractivity contribution is 6.19. The van der Waals surface area contributed by atoms with Gasteiger partial charge in [0.15, 0.2) is 5.78 Å². The van der Waals surface area contributed by atoms with Crippen molar-refractivity contribution >= 4 is 17.8 Å². The zero-order chi connectivity index (χ0) is 17.0. The smallest absolute Gasteiger partial charge is 0.435 e. The van der Waals surface area contributed by atoms with Gasteiger partial charge in [-0.15, -0.1) is 0 Å². The third-order valence-corrected chi connectivity index (χ3v) is 3.13. The molecule has 0 radical (unpaired) electrons. The lowest BCUT2D eigenvalue weighted by Crippen LogP contribution is -2.37. The molecule has 0 amide bonds. The van der Waals surface area contributed by atoms with Gasteiger partial charge < -0.3 is 4.74 Å². The largest absolute Gasteiger partial charge is 0.462 e. The average Bonchev–Trinajstić information content (AvgIpc) is 2.86. The van der Waals surface area contributed by atoms with Crippen molar-refractivity contribution in [3.05, 3.63) is 51.5 Å². The van der Waals surface area contributed by atoms with Crippen molar-refractivity contribution in [3.8, 4) is 5.69 Å². The zero-order valence-electron chi connectivity index (χ0n) is 13.1. The normalized spacial score (nSPS) is 11.3. The van der Waals surface area contributed by atoms with Crippen molar-refractivity contribution in [1.82, 2.24) is 5.27 Å². The van der Waals surface area contributed by atoms with Gasteiger partial charge in [0.25, 0.3) is 0 Å². The Labute approximate surface area is 132 Å². The Bertz CT molecular complexity index is 812. The van der Waals surface area contributed by atoms with E-state index in [9.17, 15) is 14.4 Å². The van der Waals surface area contributed by atoms with Crippen LogP contribution < -0.4 is 10.3 Å². The molecule has 0 aliphatic rings. The fourth-order valence-corrected chi connectivity index (χ4v) is 1.94. The summed E-state index contributed by atoms with van der Waals surface area (Å²) in [5.74, 6) is -1.28. The first-order valence-corrected chi connectivity index (χ1v) is 7.04. The van der Waals surface area contributed by atoms with Crippen LogP contribution in [0.15, 0.2) is 39.2 Å². The lowest BCUT2D eigenvalue weighted by molar-refractivity contribution is -0.672. The van der Waals surface area contributed by atoms with Crippen LogP contribution in [0.1, 0.15) is 25.1 Å². The minimum atomic E-state index is -0.781. The highest BCUT2D eigenvalue weighted by atomic mass is 16.5. The summed E-state index contributed by atoms with van der Waals surface area (Å²) in [5, 5.41) is 2.45. The van der Waals surface area contributed by atoms with E-state index in [4.69, 9.17) is 9.26 Å². The molecule has 0 spiro atoms. The van der Waals surface area contributed by atoms with E-state index >= 15 is 0 Å². The van der Waals surface area contributed by atoms with Crippen LogP contribution in [-0.4, -0.2) is 23.6 Å². The van der Waals surface area contributed by atoms with Gasteiger partial charge in [0.05, 0.1) is 6.61 Å². The van der Waals surface area contributed by atoms with E-state index in [0.29, 0.717) is 5.69 Å². The number of nitrogens with one attached hydrogen (secondary N) is 1. The SMILES string of the molecule is CCOC(=O)/C(=C\c1c(=O)o[nH][n+]1-c1ccc(C)cc1)C(C)=O. The Hall–Kier alpha value is -2.96. The summed E-state index contributed by atoms with van der Waals surface area (Å²) in [5.41, 5.74) is 0.771. The van der Waals surface area contributed by atoms with Crippen LogP contribution in [0.5, 0.6) is 0 Å².